The van der Waals surface area contributed by atoms with Crippen molar-refractivity contribution in [1.29, 1.82) is 5.26 Å². The average molecular weight is 244 g/mol. The summed E-state index contributed by atoms with van der Waals surface area (Å²) in [7, 11) is 1.92. The van der Waals surface area contributed by atoms with Crippen LogP contribution in [-0.4, -0.2) is 20.3 Å². The van der Waals surface area contributed by atoms with Crippen molar-refractivity contribution < 1.29 is 4.74 Å². The molecule has 1 fully saturated rings. The molecule has 1 aromatic rings. The van der Waals surface area contributed by atoms with Crippen LogP contribution in [0.15, 0.2) is 12.1 Å². The lowest BCUT2D eigenvalue weighted by Crippen LogP contribution is -2.50. The SMILES string of the molecule is CNC(c1c(C)cc(C)cc1C)C1(C#N)COC1. The van der Waals surface area contributed by atoms with Crippen molar-refractivity contribution in [3.8, 4) is 6.07 Å². The zero-order valence-electron chi connectivity index (χ0n) is 11.5. The average Bonchev–Trinajstić information content (AvgIpc) is 2.24. The monoisotopic (exact) mass is 244 g/mol. The summed E-state index contributed by atoms with van der Waals surface area (Å²) in [4.78, 5) is 0. The molecule has 0 aromatic heterocycles. The van der Waals surface area contributed by atoms with Gasteiger partial charge in [-0.1, -0.05) is 17.7 Å². The van der Waals surface area contributed by atoms with Crippen LogP contribution in [-0.2, 0) is 4.74 Å². The molecule has 2 rings (SSSR count). The molecule has 1 N–H and O–H groups in total. The van der Waals surface area contributed by atoms with Crippen molar-refractivity contribution in [3.05, 3.63) is 34.4 Å². The number of ether oxygens (including phenoxy) is 1. The zero-order valence-corrected chi connectivity index (χ0v) is 11.5. The molecule has 0 spiro atoms. The smallest absolute Gasteiger partial charge is 0.123 e. The van der Waals surface area contributed by atoms with Crippen LogP contribution in [0.2, 0.25) is 0 Å². The lowest BCUT2D eigenvalue weighted by molar-refractivity contribution is -0.0965. The van der Waals surface area contributed by atoms with Gasteiger partial charge in [-0.15, -0.1) is 0 Å². The first-order valence-corrected chi connectivity index (χ1v) is 6.28. The molecule has 0 amide bonds. The number of rotatable bonds is 3. The van der Waals surface area contributed by atoms with Crippen molar-refractivity contribution in [3.63, 3.8) is 0 Å². The Morgan fingerprint density at radius 2 is 1.83 bits per heavy atom. The van der Waals surface area contributed by atoms with Crippen LogP contribution in [0.5, 0.6) is 0 Å². The number of nitrogens with one attached hydrogen (secondary N) is 1. The molecule has 1 aliphatic rings. The first-order valence-electron chi connectivity index (χ1n) is 6.28. The van der Waals surface area contributed by atoms with Gasteiger partial charge < -0.3 is 10.1 Å². The molecule has 96 valence electrons. The first kappa shape index (κ1) is 13.1. The highest BCUT2D eigenvalue weighted by Crippen LogP contribution is 2.42. The second kappa shape index (κ2) is 4.72. The lowest BCUT2D eigenvalue weighted by atomic mass is 9.74. The van der Waals surface area contributed by atoms with Crippen LogP contribution in [0.3, 0.4) is 0 Å². The molecule has 0 radical (unpaired) electrons. The summed E-state index contributed by atoms with van der Waals surface area (Å²) in [5.41, 5.74) is 4.58. The molecule has 1 saturated heterocycles. The Morgan fingerprint density at radius 1 is 1.28 bits per heavy atom. The summed E-state index contributed by atoms with van der Waals surface area (Å²) >= 11 is 0. The summed E-state index contributed by atoms with van der Waals surface area (Å²) < 4.78 is 5.27. The van der Waals surface area contributed by atoms with Crippen LogP contribution in [0.4, 0.5) is 0 Å². The predicted molar refractivity (Wildman–Crippen MR) is 71.3 cm³/mol. The standard InChI is InChI=1S/C15H20N2O/c1-10-5-11(2)13(12(3)6-10)14(17-4)15(7-16)8-18-9-15/h5-6,14,17H,8-9H2,1-4H3. The van der Waals surface area contributed by atoms with Crippen molar-refractivity contribution >= 4 is 0 Å². The molecule has 1 unspecified atom stereocenters. The maximum Gasteiger partial charge on any atom is 0.123 e. The summed E-state index contributed by atoms with van der Waals surface area (Å²) in [5.74, 6) is 0. The van der Waals surface area contributed by atoms with Gasteiger partial charge >= 0.3 is 0 Å². The van der Waals surface area contributed by atoms with Gasteiger partial charge in [-0.3, -0.25) is 0 Å². The third-order valence-corrected chi connectivity index (χ3v) is 3.81. The van der Waals surface area contributed by atoms with Gasteiger partial charge in [-0.25, -0.2) is 0 Å². The molecule has 3 heteroatoms. The van der Waals surface area contributed by atoms with Crippen LogP contribution in [0.25, 0.3) is 0 Å². The largest absolute Gasteiger partial charge is 0.378 e. The Labute approximate surface area is 109 Å². The molecule has 1 heterocycles. The number of nitrogens with zero attached hydrogens (tertiary/aromatic N) is 1. The molecule has 18 heavy (non-hydrogen) atoms. The van der Waals surface area contributed by atoms with Crippen molar-refractivity contribution in [1.82, 2.24) is 5.32 Å². The number of aryl methyl sites for hydroxylation is 3. The van der Waals surface area contributed by atoms with Crippen molar-refractivity contribution in [2.75, 3.05) is 20.3 Å². The van der Waals surface area contributed by atoms with Crippen LogP contribution in [0, 0.1) is 37.5 Å². The minimum absolute atomic E-state index is 0.0387. The fourth-order valence-corrected chi connectivity index (χ4v) is 2.96. The Hall–Kier alpha value is -1.37. The van der Waals surface area contributed by atoms with E-state index < -0.39 is 5.41 Å². The molecule has 0 bridgehead atoms. The summed E-state index contributed by atoms with van der Waals surface area (Å²) in [6.45, 7) is 7.36. The normalized spacial score (nSPS) is 18.8. The second-order valence-corrected chi connectivity index (χ2v) is 5.29. The summed E-state index contributed by atoms with van der Waals surface area (Å²) in [6, 6.07) is 6.84. The minimum atomic E-state index is -0.417. The summed E-state index contributed by atoms with van der Waals surface area (Å²) in [5, 5.41) is 12.8. The van der Waals surface area contributed by atoms with E-state index in [1.807, 2.05) is 7.05 Å². The molecule has 1 atom stereocenters. The number of hydrogen-bond donors (Lipinski definition) is 1. The number of hydrogen-bond acceptors (Lipinski definition) is 3. The summed E-state index contributed by atoms with van der Waals surface area (Å²) in [6.07, 6.45) is 0. The molecule has 1 aromatic carbocycles. The highest BCUT2D eigenvalue weighted by molar-refractivity contribution is 5.42. The van der Waals surface area contributed by atoms with E-state index in [2.05, 4.69) is 44.3 Å². The fourth-order valence-electron chi connectivity index (χ4n) is 2.96. The maximum absolute atomic E-state index is 9.47. The molecular weight excluding hydrogens is 224 g/mol. The van der Waals surface area contributed by atoms with Crippen molar-refractivity contribution in [2.45, 2.75) is 26.8 Å². The number of nitriles is 1. The van der Waals surface area contributed by atoms with Crippen LogP contribution < -0.4 is 5.32 Å². The minimum Gasteiger partial charge on any atom is -0.378 e. The van der Waals surface area contributed by atoms with Gasteiger partial charge in [0.1, 0.15) is 5.41 Å². The molecule has 3 nitrogen and oxygen atoms in total. The Balaban J connectivity index is 2.49. The van der Waals surface area contributed by atoms with Gasteiger partial charge in [0.15, 0.2) is 0 Å². The van der Waals surface area contributed by atoms with E-state index in [1.54, 1.807) is 0 Å². The van der Waals surface area contributed by atoms with Gasteiger partial charge in [0.2, 0.25) is 0 Å². The van der Waals surface area contributed by atoms with E-state index in [-0.39, 0.29) is 6.04 Å². The van der Waals surface area contributed by atoms with Crippen LogP contribution in [0.1, 0.15) is 28.3 Å². The molecule has 0 saturated carbocycles. The molecule has 1 aliphatic heterocycles. The predicted octanol–water partition coefficient (Wildman–Crippen LogP) is 2.41. The Kier molecular flexibility index (Phi) is 3.43. The highest BCUT2D eigenvalue weighted by atomic mass is 16.5. The van der Waals surface area contributed by atoms with E-state index in [9.17, 15) is 5.26 Å². The highest BCUT2D eigenvalue weighted by Gasteiger charge is 2.47. The van der Waals surface area contributed by atoms with E-state index >= 15 is 0 Å². The van der Waals surface area contributed by atoms with E-state index in [0.29, 0.717) is 13.2 Å². The van der Waals surface area contributed by atoms with Gasteiger partial charge in [0.25, 0.3) is 0 Å². The zero-order chi connectivity index (χ0) is 13.3. The van der Waals surface area contributed by atoms with Crippen molar-refractivity contribution in [2.24, 2.45) is 5.41 Å². The molecular formula is C15H20N2O. The third kappa shape index (κ3) is 1.92. The van der Waals surface area contributed by atoms with E-state index in [0.717, 1.165) is 0 Å². The van der Waals surface area contributed by atoms with Crippen LogP contribution >= 0.6 is 0 Å². The van der Waals surface area contributed by atoms with Gasteiger partial charge in [0, 0.05) is 0 Å². The lowest BCUT2D eigenvalue weighted by Gasteiger charge is -2.42. The Morgan fingerprint density at radius 3 is 2.17 bits per heavy atom. The van der Waals surface area contributed by atoms with E-state index in [1.165, 1.54) is 22.3 Å². The van der Waals surface area contributed by atoms with Gasteiger partial charge in [-0.2, -0.15) is 5.26 Å². The van der Waals surface area contributed by atoms with Gasteiger partial charge in [0.05, 0.1) is 25.3 Å². The topological polar surface area (TPSA) is 45.0 Å². The second-order valence-electron chi connectivity index (χ2n) is 5.29. The first-order chi connectivity index (χ1) is 8.54. The molecule has 0 aliphatic carbocycles. The maximum atomic E-state index is 9.47. The third-order valence-electron chi connectivity index (χ3n) is 3.81. The van der Waals surface area contributed by atoms with Gasteiger partial charge in [-0.05, 0) is 44.5 Å². The fraction of sp³-hybridized carbons (Fsp3) is 0.533. The number of benzene rings is 1. The Bertz CT molecular complexity index is 475. The quantitative estimate of drug-likeness (QED) is 0.888. The van der Waals surface area contributed by atoms with E-state index in [4.69, 9.17) is 4.74 Å².